The van der Waals surface area contributed by atoms with Gasteiger partial charge in [0.05, 0.1) is 19.3 Å². The monoisotopic (exact) mass is 328 g/mol. The van der Waals surface area contributed by atoms with E-state index in [9.17, 15) is 4.79 Å². The Bertz CT molecular complexity index is 695. The number of aromatic nitrogens is 2. The Kier molecular flexibility index (Phi) is 4.85. The standard InChI is InChI=1S/C18H24N4O2/c1-14(23)21-8-9-22(12-15-10-19-20(2)11-15)18(13-21)16-4-6-17(24-3)7-5-16/h4-7,10-11,18H,8-9,12-13H2,1-3H3/t18-/m0/s1. The number of benzene rings is 1. The van der Waals surface area contributed by atoms with E-state index < -0.39 is 0 Å². The van der Waals surface area contributed by atoms with Gasteiger partial charge in [0.15, 0.2) is 0 Å². The lowest BCUT2D eigenvalue weighted by atomic mass is 10.0. The molecule has 1 fully saturated rings. The van der Waals surface area contributed by atoms with E-state index in [1.165, 1.54) is 11.1 Å². The summed E-state index contributed by atoms with van der Waals surface area (Å²) in [5.74, 6) is 0.978. The Morgan fingerprint density at radius 1 is 1.29 bits per heavy atom. The average Bonchev–Trinajstić information content (AvgIpc) is 3.00. The summed E-state index contributed by atoms with van der Waals surface area (Å²) >= 11 is 0. The molecule has 24 heavy (non-hydrogen) atoms. The van der Waals surface area contributed by atoms with Crippen LogP contribution < -0.4 is 4.74 Å². The Morgan fingerprint density at radius 3 is 2.62 bits per heavy atom. The zero-order valence-electron chi connectivity index (χ0n) is 14.5. The van der Waals surface area contributed by atoms with Gasteiger partial charge < -0.3 is 9.64 Å². The first-order valence-corrected chi connectivity index (χ1v) is 8.18. The molecule has 0 unspecified atom stereocenters. The first kappa shape index (κ1) is 16.5. The molecule has 2 aromatic rings. The maximum Gasteiger partial charge on any atom is 0.219 e. The first-order chi connectivity index (χ1) is 11.6. The van der Waals surface area contributed by atoms with Crippen molar-refractivity contribution in [3.05, 3.63) is 47.8 Å². The maximum absolute atomic E-state index is 11.8. The van der Waals surface area contributed by atoms with Gasteiger partial charge in [-0.15, -0.1) is 0 Å². The van der Waals surface area contributed by atoms with E-state index in [0.29, 0.717) is 6.54 Å². The van der Waals surface area contributed by atoms with Crippen LogP contribution in [0.4, 0.5) is 0 Å². The summed E-state index contributed by atoms with van der Waals surface area (Å²) in [4.78, 5) is 16.2. The highest BCUT2D eigenvalue weighted by Crippen LogP contribution is 2.28. The van der Waals surface area contributed by atoms with Crippen LogP contribution in [0, 0.1) is 0 Å². The number of hydrogen-bond acceptors (Lipinski definition) is 4. The van der Waals surface area contributed by atoms with Crippen molar-refractivity contribution in [2.45, 2.75) is 19.5 Å². The van der Waals surface area contributed by atoms with E-state index >= 15 is 0 Å². The molecule has 1 amide bonds. The van der Waals surface area contributed by atoms with Crippen LogP contribution in [0.5, 0.6) is 5.75 Å². The fourth-order valence-electron chi connectivity index (χ4n) is 3.23. The summed E-state index contributed by atoms with van der Waals surface area (Å²) in [6.07, 6.45) is 3.95. The van der Waals surface area contributed by atoms with Gasteiger partial charge in [0.25, 0.3) is 0 Å². The highest BCUT2D eigenvalue weighted by Gasteiger charge is 2.29. The second-order valence-electron chi connectivity index (χ2n) is 6.25. The number of rotatable bonds is 4. The van der Waals surface area contributed by atoms with E-state index in [-0.39, 0.29) is 11.9 Å². The Hall–Kier alpha value is -2.34. The van der Waals surface area contributed by atoms with Gasteiger partial charge in [-0.25, -0.2) is 0 Å². The maximum atomic E-state index is 11.8. The van der Waals surface area contributed by atoms with Crippen molar-refractivity contribution < 1.29 is 9.53 Å². The highest BCUT2D eigenvalue weighted by molar-refractivity contribution is 5.73. The van der Waals surface area contributed by atoms with E-state index in [1.807, 2.05) is 41.2 Å². The third-order valence-electron chi connectivity index (χ3n) is 4.58. The molecule has 2 heterocycles. The van der Waals surface area contributed by atoms with E-state index in [1.54, 1.807) is 14.0 Å². The SMILES string of the molecule is COc1ccc([C@@H]2CN(C(C)=O)CCN2Cc2cnn(C)c2)cc1. The molecular weight excluding hydrogens is 304 g/mol. The number of carbonyl (C=O) groups excluding carboxylic acids is 1. The normalized spacial score (nSPS) is 18.6. The van der Waals surface area contributed by atoms with E-state index in [4.69, 9.17) is 4.74 Å². The van der Waals surface area contributed by atoms with Gasteiger partial charge in [-0.05, 0) is 17.7 Å². The van der Waals surface area contributed by atoms with Crippen molar-refractivity contribution in [1.29, 1.82) is 0 Å². The van der Waals surface area contributed by atoms with Crippen LogP contribution >= 0.6 is 0 Å². The van der Waals surface area contributed by atoms with Crippen LogP contribution in [0.1, 0.15) is 24.1 Å². The molecule has 1 aliphatic heterocycles. The Morgan fingerprint density at radius 2 is 2.04 bits per heavy atom. The molecule has 1 aromatic carbocycles. The fourth-order valence-corrected chi connectivity index (χ4v) is 3.23. The summed E-state index contributed by atoms with van der Waals surface area (Å²) < 4.78 is 7.07. The quantitative estimate of drug-likeness (QED) is 0.859. The van der Waals surface area contributed by atoms with E-state index in [2.05, 4.69) is 22.1 Å². The van der Waals surface area contributed by atoms with Gasteiger partial charge >= 0.3 is 0 Å². The van der Waals surface area contributed by atoms with Crippen LogP contribution in [0.2, 0.25) is 0 Å². The molecule has 1 aromatic heterocycles. The van der Waals surface area contributed by atoms with Crippen LogP contribution in [-0.4, -0.2) is 52.2 Å². The van der Waals surface area contributed by atoms with Crippen LogP contribution in [0.15, 0.2) is 36.7 Å². The van der Waals surface area contributed by atoms with Crippen molar-refractivity contribution in [3.8, 4) is 5.75 Å². The van der Waals surface area contributed by atoms with Crippen LogP contribution in [0.3, 0.4) is 0 Å². The predicted octanol–water partition coefficient (Wildman–Crippen LogP) is 1.83. The van der Waals surface area contributed by atoms with Crippen molar-refractivity contribution in [2.24, 2.45) is 7.05 Å². The highest BCUT2D eigenvalue weighted by atomic mass is 16.5. The smallest absolute Gasteiger partial charge is 0.219 e. The predicted molar refractivity (Wildman–Crippen MR) is 91.6 cm³/mol. The lowest BCUT2D eigenvalue weighted by Crippen LogP contribution is -2.49. The Balaban J connectivity index is 1.83. The van der Waals surface area contributed by atoms with Crippen LogP contribution in [0.25, 0.3) is 0 Å². The zero-order valence-corrected chi connectivity index (χ0v) is 14.5. The lowest BCUT2D eigenvalue weighted by molar-refractivity contribution is -0.132. The molecule has 1 aliphatic rings. The van der Waals surface area contributed by atoms with Crippen LogP contribution in [-0.2, 0) is 18.4 Å². The molecule has 1 saturated heterocycles. The van der Waals surface area contributed by atoms with Crippen molar-refractivity contribution >= 4 is 5.91 Å². The minimum Gasteiger partial charge on any atom is -0.497 e. The summed E-state index contributed by atoms with van der Waals surface area (Å²) in [7, 11) is 3.60. The molecule has 128 valence electrons. The van der Waals surface area contributed by atoms with Crippen molar-refractivity contribution in [3.63, 3.8) is 0 Å². The molecule has 6 nitrogen and oxygen atoms in total. The third kappa shape index (κ3) is 3.59. The second-order valence-corrected chi connectivity index (χ2v) is 6.25. The molecule has 0 N–H and O–H groups in total. The zero-order chi connectivity index (χ0) is 17.1. The van der Waals surface area contributed by atoms with E-state index in [0.717, 1.165) is 25.4 Å². The fraction of sp³-hybridized carbons (Fsp3) is 0.444. The molecule has 3 rings (SSSR count). The second kappa shape index (κ2) is 7.05. The molecule has 0 bridgehead atoms. The summed E-state index contributed by atoms with van der Waals surface area (Å²) in [5.41, 5.74) is 2.39. The summed E-state index contributed by atoms with van der Waals surface area (Å²) in [5, 5.41) is 4.25. The van der Waals surface area contributed by atoms with Crippen molar-refractivity contribution in [2.75, 3.05) is 26.7 Å². The lowest BCUT2D eigenvalue weighted by Gasteiger charge is -2.41. The summed E-state index contributed by atoms with van der Waals surface area (Å²) in [6.45, 7) is 4.80. The number of piperazine rings is 1. The molecular formula is C18H24N4O2. The number of nitrogens with zero attached hydrogens (tertiary/aromatic N) is 4. The molecule has 0 radical (unpaired) electrons. The number of aryl methyl sites for hydroxylation is 1. The van der Waals surface area contributed by atoms with Gasteiger partial charge in [-0.2, -0.15) is 5.10 Å². The topological polar surface area (TPSA) is 50.6 Å². The number of hydrogen-bond donors (Lipinski definition) is 0. The molecule has 6 heteroatoms. The molecule has 1 atom stereocenters. The summed E-state index contributed by atoms with van der Waals surface area (Å²) in [6, 6.07) is 8.30. The van der Waals surface area contributed by atoms with Gasteiger partial charge in [-0.3, -0.25) is 14.4 Å². The van der Waals surface area contributed by atoms with Gasteiger partial charge in [0.2, 0.25) is 5.91 Å². The van der Waals surface area contributed by atoms with Gasteiger partial charge in [0, 0.05) is 51.9 Å². The minimum absolute atomic E-state index is 0.134. The number of ether oxygens (including phenoxy) is 1. The number of amides is 1. The average molecular weight is 328 g/mol. The Labute approximate surface area is 142 Å². The van der Waals surface area contributed by atoms with Gasteiger partial charge in [-0.1, -0.05) is 12.1 Å². The molecule has 0 aliphatic carbocycles. The molecule has 0 spiro atoms. The van der Waals surface area contributed by atoms with Crippen molar-refractivity contribution in [1.82, 2.24) is 19.6 Å². The number of methoxy groups -OCH3 is 1. The van der Waals surface area contributed by atoms with Gasteiger partial charge in [0.1, 0.15) is 5.75 Å². The first-order valence-electron chi connectivity index (χ1n) is 8.18. The largest absolute Gasteiger partial charge is 0.497 e. The third-order valence-corrected chi connectivity index (χ3v) is 4.58. The molecule has 0 saturated carbocycles. The minimum atomic E-state index is 0.134. The number of carbonyl (C=O) groups is 1.